The Labute approximate surface area is 151 Å². The van der Waals surface area contributed by atoms with Crippen LogP contribution in [0.4, 0.5) is 0 Å². The van der Waals surface area contributed by atoms with Gasteiger partial charge in [0.15, 0.2) is 0 Å². The Morgan fingerprint density at radius 1 is 1.33 bits per heavy atom. The van der Waals surface area contributed by atoms with Crippen molar-refractivity contribution in [3.05, 3.63) is 39.9 Å². The van der Waals surface area contributed by atoms with Crippen LogP contribution in [0.3, 0.4) is 0 Å². The van der Waals surface area contributed by atoms with E-state index in [1.807, 2.05) is 20.9 Å². The van der Waals surface area contributed by atoms with Crippen LogP contribution >= 0.6 is 23.2 Å². The maximum Gasteiger partial charge on any atom is 0.293 e. The summed E-state index contributed by atoms with van der Waals surface area (Å²) in [6.07, 6.45) is 0. The third-order valence-electron chi connectivity index (χ3n) is 3.53. The number of nitrogens with one attached hydrogen (secondary N) is 1. The number of hydrogen-bond acceptors (Lipinski definition) is 4. The SMILES string of the molecule is CNCCN(C)C(=O)c1nc(C(C)C)n(-c2c(Cl)cccc2Cl)n1. The monoisotopic (exact) mass is 369 g/mol. The summed E-state index contributed by atoms with van der Waals surface area (Å²) in [7, 11) is 3.56. The van der Waals surface area contributed by atoms with Crippen molar-refractivity contribution in [1.29, 1.82) is 0 Å². The van der Waals surface area contributed by atoms with Crippen molar-refractivity contribution >= 4 is 29.1 Å². The number of rotatable bonds is 6. The van der Waals surface area contributed by atoms with Crippen LogP contribution < -0.4 is 5.32 Å². The van der Waals surface area contributed by atoms with Crippen LogP contribution in [-0.4, -0.2) is 52.8 Å². The second-order valence-corrected chi connectivity index (χ2v) is 6.58. The maximum absolute atomic E-state index is 12.5. The van der Waals surface area contributed by atoms with Crippen LogP contribution in [0.1, 0.15) is 36.2 Å². The van der Waals surface area contributed by atoms with Crippen LogP contribution in [0.25, 0.3) is 5.69 Å². The molecule has 0 aliphatic rings. The Bertz CT molecular complexity index is 709. The Hall–Kier alpha value is -1.63. The highest BCUT2D eigenvalue weighted by atomic mass is 35.5. The Balaban J connectivity index is 2.47. The largest absolute Gasteiger partial charge is 0.338 e. The van der Waals surface area contributed by atoms with Crippen LogP contribution in [-0.2, 0) is 0 Å². The van der Waals surface area contributed by atoms with Gasteiger partial charge in [0.25, 0.3) is 5.91 Å². The summed E-state index contributed by atoms with van der Waals surface area (Å²) in [4.78, 5) is 18.5. The van der Waals surface area contributed by atoms with Gasteiger partial charge < -0.3 is 10.2 Å². The molecule has 8 heteroatoms. The molecule has 0 unspecified atom stereocenters. The van der Waals surface area contributed by atoms with Crippen molar-refractivity contribution in [2.75, 3.05) is 27.2 Å². The molecule has 2 aromatic rings. The molecule has 1 aromatic heterocycles. The van der Waals surface area contributed by atoms with E-state index in [1.165, 1.54) is 0 Å². The fourth-order valence-electron chi connectivity index (χ4n) is 2.20. The van der Waals surface area contributed by atoms with E-state index in [9.17, 15) is 4.79 Å². The van der Waals surface area contributed by atoms with Gasteiger partial charge in [0.05, 0.1) is 10.0 Å². The lowest BCUT2D eigenvalue weighted by molar-refractivity contribution is 0.0785. The molecule has 24 heavy (non-hydrogen) atoms. The number of benzene rings is 1. The van der Waals surface area contributed by atoms with Gasteiger partial charge in [-0.05, 0) is 19.2 Å². The van der Waals surface area contributed by atoms with Crippen molar-refractivity contribution in [2.45, 2.75) is 19.8 Å². The van der Waals surface area contributed by atoms with E-state index in [-0.39, 0.29) is 17.6 Å². The summed E-state index contributed by atoms with van der Waals surface area (Å²) >= 11 is 12.6. The topological polar surface area (TPSA) is 63.1 Å². The molecule has 1 aromatic carbocycles. The Morgan fingerprint density at radius 3 is 2.50 bits per heavy atom. The number of likely N-dealkylation sites (N-methyl/N-ethyl adjacent to an activating group) is 2. The van der Waals surface area contributed by atoms with E-state index < -0.39 is 0 Å². The number of nitrogens with zero attached hydrogens (tertiary/aromatic N) is 4. The smallest absolute Gasteiger partial charge is 0.293 e. The van der Waals surface area contributed by atoms with E-state index in [0.29, 0.717) is 34.6 Å². The molecule has 0 bridgehead atoms. The second-order valence-electron chi connectivity index (χ2n) is 5.76. The molecule has 0 aliphatic heterocycles. The molecule has 0 radical (unpaired) electrons. The summed E-state index contributed by atoms with van der Waals surface area (Å²) in [5, 5.41) is 8.29. The molecule has 0 saturated heterocycles. The molecule has 1 N–H and O–H groups in total. The standard InChI is InChI=1S/C16H21Cl2N5O/c1-10(2)15-20-14(16(24)22(4)9-8-19-3)21-23(15)13-11(17)6-5-7-12(13)18/h5-7,10,19H,8-9H2,1-4H3. The summed E-state index contributed by atoms with van der Waals surface area (Å²) in [6.45, 7) is 5.21. The molecule has 0 atom stereocenters. The molecular formula is C16H21Cl2N5O. The number of amides is 1. The highest BCUT2D eigenvalue weighted by molar-refractivity contribution is 6.37. The molecule has 0 saturated carbocycles. The molecule has 0 spiro atoms. The zero-order valence-corrected chi connectivity index (χ0v) is 15.7. The van der Waals surface area contributed by atoms with Crippen LogP contribution in [0.15, 0.2) is 18.2 Å². The predicted molar refractivity (Wildman–Crippen MR) is 96.4 cm³/mol. The summed E-state index contributed by atoms with van der Waals surface area (Å²) in [5.74, 6) is 0.576. The van der Waals surface area contributed by atoms with Crippen molar-refractivity contribution in [3.63, 3.8) is 0 Å². The molecule has 2 rings (SSSR count). The lowest BCUT2D eigenvalue weighted by Gasteiger charge is -2.14. The number of para-hydroxylation sites is 1. The third kappa shape index (κ3) is 3.88. The van der Waals surface area contributed by atoms with Crippen molar-refractivity contribution in [3.8, 4) is 5.69 Å². The molecule has 1 amide bonds. The van der Waals surface area contributed by atoms with E-state index in [1.54, 1.807) is 34.8 Å². The highest BCUT2D eigenvalue weighted by Gasteiger charge is 2.23. The fraction of sp³-hybridized carbons (Fsp3) is 0.438. The molecule has 6 nitrogen and oxygen atoms in total. The lowest BCUT2D eigenvalue weighted by Crippen LogP contribution is -2.33. The van der Waals surface area contributed by atoms with E-state index in [0.717, 1.165) is 0 Å². The van der Waals surface area contributed by atoms with E-state index >= 15 is 0 Å². The van der Waals surface area contributed by atoms with Gasteiger partial charge in [-0.3, -0.25) is 4.79 Å². The summed E-state index contributed by atoms with van der Waals surface area (Å²) in [5.41, 5.74) is 0.536. The van der Waals surface area contributed by atoms with Crippen molar-refractivity contribution < 1.29 is 4.79 Å². The van der Waals surface area contributed by atoms with Crippen LogP contribution in [0.2, 0.25) is 10.0 Å². The van der Waals surface area contributed by atoms with Crippen LogP contribution in [0.5, 0.6) is 0 Å². The van der Waals surface area contributed by atoms with Gasteiger partial charge in [0.2, 0.25) is 5.82 Å². The van der Waals surface area contributed by atoms with Gasteiger partial charge in [-0.25, -0.2) is 9.67 Å². The van der Waals surface area contributed by atoms with E-state index in [4.69, 9.17) is 23.2 Å². The van der Waals surface area contributed by atoms with Crippen molar-refractivity contribution in [2.24, 2.45) is 0 Å². The zero-order valence-electron chi connectivity index (χ0n) is 14.2. The first-order valence-electron chi connectivity index (χ1n) is 7.68. The number of hydrogen-bond donors (Lipinski definition) is 1. The molecular weight excluding hydrogens is 349 g/mol. The van der Waals surface area contributed by atoms with Gasteiger partial charge in [-0.2, -0.15) is 0 Å². The maximum atomic E-state index is 12.5. The number of carbonyl (C=O) groups excluding carboxylic acids is 1. The number of halogens is 2. The minimum Gasteiger partial charge on any atom is -0.338 e. The minimum absolute atomic E-state index is 0.0500. The number of carbonyl (C=O) groups is 1. The first kappa shape index (κ1) is 18.7. The average molecular weight is 370 g/mol. The highest BCUT2D eigenvalue weighted by Crippen LogP contribution is 2.30. The fourth-order valence-corrected chi connectivity index (χ4v) is 2.75. The Morgan fingerprint density at radius 2 is 1.96 bits per heavy atom. The van der Waals surface area contributed by atoms with E-state index in [2.05, 4.69) is 15.4 Å². The number of aromatic nitrogens is 3. The lowest BCUT2D eigenvalue weighted by atomic mass is 10.2. The predicted octanol–water partition coefficient (Wildman–Crippen LogP) is 2.99. The molecule has 130 valence electrons. The molecule has 0 aliphatic carbocycles. The Kier molecular flexibility index (Phi) is 6.21. The molecule has 1 heterocycles. The van der Waals surface area contributed by atoms with Crippen LogP contribution in [0, 0.1) is 0 Å². The second kappa shape index (κ2) is 7.96. The van der Waals surface area contributed by atoms with Gasteiger partial charge in [-0.1, -0.05) is 43.1 Å². The first-order valence-corrected chi connectivity index (χ1v) is 8.43. The average Bonchev–Trinajstić information content (AvgIpc) is 2.96. The minimum atomic E-state index is -0.242. The first-order chi connectivity index (χ1) is 11.4. The quantitative estimate of drug-likeness (QED) is 0.849. The van der Waals surface area contributed by atoms with Gasteiger partial charge in [-0.15, -0.1) is 5.10 Å². The van der Waals surface area contributed by atoms with Crippen molar-refractivity contribution in [1.82, 2.24) is 25.0 Å². The normalized spacial score (nSPS) is 11.1. The summed E-state index contributed by atoms with van der Waals surface area (Å²) < 4.78 is 1.56. The van der Waals surface area contributed by atoms with Gasteiger partial charge in [0.1, 0.15) is 11.5 Å². The molecule has 0 fully saturated rings. The third-order valence-corrected chi connectivity index (χ3v) is 4.14. The zero-order chi connectivity index (χ0) is 17.9. The summed E-state index contributed by atoms with van der Waals surface area (Å²) in [6, 6.07) is 5.22. The van der Waals surface area contributed by atoms with Gasteiger partial charge >= 0.3 is 0 Å². The van der Waals surface area contributed by atoms with Gasteiger partial charge in [0, 0.05) is 26.1 Å².